The minimum absolute atomic E-state index is 0.0616. The number of rotatable bonds is 2. The van der Waals surface area contributed by atoms with E-state index in [0.29, 0.717) is 0 Å². The first-order chi connectivity index (χ1) is 11.4. The van der Waals surface area contributed by atoms with E-state index in [9.17, 15) is 4.79 Å². The Bertz CT molecular complexity index is 571. The van der Waals surface area contributed by atoms with Gasteiger partial charge in [0.15, 0.2) is 0 Å². The van der Waals surface area contributed by atoms with Crippen LogP contribution in [0.15, 0.2) is 10.5 Å². The Labute approximate surface area is 146 Å². The fourth-order valence-corrected chi connectivity index (χ4v) is 4.14. The molecule has 134 valence electrons. The third kappa shape index (κ3) is 3.69. The standard InChI is InChI=1S/C20H32N2O2/c1-15-17(14-18(24-15)20(2,3)4)19(23)22-12-8-16(9-13-22)21-10-6-5-7-11-21/h14,16H,5-13H2,1-4H3/p+1. The molecule has 24 heavy (non-hydrogen) atoms. The Kier molecular flexibility index (Phi) is 5.05. The van der Waals surface area contributed by atoms with E-state index in [1.54, 1.807) is 4.90 Å². The van der Waals surface area contributed by atoms with Gasteiger partial charge in [0.25, 0.3) is 5.91 Å². The summed E-state index contributed by atoms with van der Waals surface area (Å²) in [4.78, 5) is 16.7. The lowest BCUT2D eigenvalue weighted by atomic mass is 9.93. The number of hydrogen-bond donors (Lipinski definition) is 1. The van der Waals surface area contributed by atoms with Crippen molar-refractivity contribution in [2.45, 2.75) is 71.3 Å². The second-order valence-electron chi connectivity index (χ2n) is 8.62. The summed E-state index contributed by atoms with van der Waals surface area (Å²) < 4.78 is 5.86. The predicted octanol–water partition coefficient (Wildman–Crippen LogP) is 2.56. The molecule has 1 amide bonds. The number of furan rings is 1. The fraction of sp³-hybridized carbons (Fsp3) is 0.750. The van der Waals surface area contributed by atoms with Gasteiger partial charge in [0, 0.05) is 31.3 Å². The topological polar surface area (TPSA) is 37.9 Å². The Morgan fingerprint density at radius 2 is 1.79 bits per heavy atom. The highest BCUT2D eigenvalue weighted by molar-refractivity contribution is 5.95. The molecule has 3 heterocycles. The lowest BCUT2D eigenvalue weighted by Crippen LogP contribution is -3.16. The second kappa shape index (κ2) is 6.91. The van der Waals surface area contributed by atoms with Gasteiger partial charge >= 0.3 is 0 Å². The van der Waals surface area contributed by atoms with Crippen molar-refractivity contribution in [3.05, 3.63) is 23.2 Å². The van der Waals surface area contributed by atoms with Gasteiger partial charge in [-0.15, -0.1) is 0 Å². The van der Waals surface area contributed by atoms with Crippen LogP contribution in [0.4, 0.5) is 0 Å². The molecule has 3 rings (SSSR count). The molecule has 0 atom stereocenters. The van der Waals surface area contributed by atoms with Gasteiger partial charge in [0.05, 0.1) is 24.7 Å². The summed E-state index contributed by atoms with van der Waals surface area (Å²) >= 11 is 0. The molecule has 2 fully saturated rings. The minimum Gasteiger partial charge on any atom is -0.465 e. The van der Waals surface area contributed by atoms with Crippen molar-refractivity contribution in [2.24, 2.45) is 0 Å². The molecule has 0 aliphatic carbocycles. The lowest BCUT2D eigenvalue weighted by Gasteiger charge is -2.37. The van der Waals surface area contributed by atoms with Crippen LogP contribution in [0, 0.1) is 6.92 Å². The van der Waals surface area contributed by atoms with Gasteiger partial charge < -0.3 is 14.2 Å². The van der Waals surface area contributed by atoms with Gasteiger partial charge in [0.1, 0.15) is 11.5 Å². The van der Waals surface area contributed by atoms with Crippen LogP contribution in [-0.2, 0) is 5.41 Å². The molecule has 0 saturated carbocycles. The molecule has 1 aromatic rings. The zero-order valence-electron chi connectivity index (χ0n) is 15.8. The van der Waals surface area contributed by atoms with Crippen molar-refractivity contribution in [2.75, 3.05) is 26.2 Å². The first-order valence-corrected chi connectivity index (χ1v) is 9.61. The summed E-state index contributed by atoms with van der Waals surface area (Å²) in [6, 6.07) is 2.71. The molecule has 2 aliphatic heterocycles. The number of likely N-dealkylation sites (tertiary alicyclic amines) is 2. The molecule has 2 saturated heterocycles. The average Bonchev–Trinajstić information content (AvgIpc) is 2.97. The van der Waals surface area contributed by atoms with Gasteiger partial charge in [-0.05, 0) is 32.3 Å². The van der Waals surface area contributed by atoms with Crippen molar-refractivity contribution in [1.82, 2.24) is 4.90 Å². The van der Waals surface area contributed by atoms with Gasteiger partial charge in [0.2, 0.25) is 0 Å². The van der Waals surface area contributed by atoms with E-state index in [2.05, 4.69) is 20.8 Å². The third-order valence-electron chi connectivity index (χ3n) is 5.74. The number of nitrogens with zero attached hydrogens (tertiary/aromatic N) is 1. The van der Waals surface area contributed by atoms with Crippen molar-refractivity contribution < 1.29 is 14.1 Å². The highest BCUT2D eigenvalue weighted by Gasteiger charge is 2.32. The summed E-state index contributed by atoms with van der Waals surface area (Å²) in [7, 11) is 0. The number of aryl methyl sites for hydroxylation is 1. The van der Waals surface area contributed by atoms with Crippen molar-refractivity contribution in [3.8, 4) is 0 Å². The molecular formula is C20H33N2O2+. The fourth-order valence-electron chi connectivity index (χ4n) is 4.14. The third-order valence-corrected chi connectivity index (χ3v) is 5.74. The Morgan fingerprint density at radius 3 is 2.33 bits per heavy atom. The van der Waals surface area contributed by atoms with Crippen molar-refractivity contribution in [3.63, 3.8) is 0 Å². The Morgan fingerprint density at radius 1 is 1.17 bits per heavy atom. The summed E-state index contributed by atoms with van der Waals surface area (Å²) in [6.07, 6.45) is 6.43. The summed E-state index contributed by atoms with van der Waals surface area (Å²) in [5.74, 6) is 1.81. The van der Waals surface area contributed by atoms with E-state index in [1.807, 2.05) is 17.9 Å². The van der Waals surface area contributed by atoms with Crippen LogP contribution in [0.1, 0.15) is 74.8 Å². The van der Waals surface area contributed by atoms with E-state index >= 15 is 0 Å². The first-order valence-electron chi connectivity index (χ1n) is 9.61. The van der Waals surface area contributed by atoms with E-state index < -0.39 is 0 Å². The van der Waals surface area contributed by atoms with Crippen LogP contribution in [0.2, 0.25) is 0 Å². The molecule has 1 aromatic heterocycles. The van der Waals surface area contributed by atoms with Crippen LogP contribution in [-0.4, -0.2) is 43.0 Å². The maximum atomic E-state index is 12.9. The molecular weight excluding hydrogens is 300 g/mol. The predicted molar refractivity (Wildman–Crippen MR) is 95.6 cm³/mol. The molecule has 0 spiro atoms. The van der Waals surface area contributed by atoms with E-state index in [-0.39, 0.29) is 11.3 Å². The number of amides is 1. The quantitative estimate of drug-likeness (QED) is 0.903. The van der Waals surface area contributed by atoms with Gasteiger partial charge in [-0.25, -0.2) is 0 Å². The van der Waals surface area contributed by atoms with E-state index in [0.717, 1.165) is 49.1 Å². The smallest absolute Gasteiger partial charge is 0.257 e. The van der Waals surface area contributed by atoms with Crippen LogP contribution >= 0.6 is 0 Å². The molecule has 2 aliphatic rings. The summed E-state index contributed by atoms with van der Waals surface area (Å²) in [6.45, 7) is 12.7. The molecule has 4 heteroatoms. The average molecular weight is 333 g/mol. The van der Waals surface area contributed by atoms with Crippen LogP contribution < -0.4 is 4.90 Å². The molecule has 0 radical (unpaired) electrons. The van der Waals surface area contributed by atoms with E-state index in [4.69, 9.17) is 4.42 Å². The van der Waals surface area contributed by atoms with Crippen LogP contribution in [0.25, 0.3) is 0 Å². The lowest BCUT2D eigenvalue weighted by molar-refractivity contribution is -0.931. The van der Waals surface area contributed by atoms with Gasteiger partial charge in [-0.2, -0.15) is 0 Å². The van der Waals surface area contributed by atoms with Gasteiger partial charge in [-0.1, -0.05) is 20.8 Å². The molecule has 0 unspecified atom stereocenters. The molecule has 0 aromatic carbocycles. The second-order valence-corrected chi connectivity index (χ2v) is 8.62. The van der Waals surface area contributed by atoms with E-state index in [1.165, 1.54) is 32.4 Å². The number of carbonyl (C=O) groups excluding carboxylic acids is 1. The van der Waals surface area contributed by atoms with Crippen LogP contribution in [0.5, 0.6) is 0 Å². The highest BCUT2D eigenvalue weighted by atomic mass is 16.3. The van der Waals surface area contributed by atoms with Crippen molar-refractivity contribution >= 4 is 5.91 Å². The summed E-state index contributed by atoms with van der Waals surface area (Å²) in [5, 5.41) is 0. The normalized spacial score (nSPS) is 21.2. The Balaban J connectivity index is 1.62. The minimum atomic E-state index is -0.0616. The number of nitrogens with one attached hydrogen (secondary N) is 1. The highest BCUT2D eigenvalue weighted by Crippen LogP contribution is 2.28. The van der Waals surface area contributed by atoms with Crippen molar-refractivity contribution in [1.29, 1.82) is 0 Å². The molecule has 1 N–H and O–H groups in total. The molecule has 0 bridgehead atoms. The number of hydrogen-bond acceptors (Lipinski definition) is 2. The summed E-state index contributed by atoms with van der Waals surface area (Å²) in [5.41, 5.74) is 0.692. The first kappa shape index (κ1) is 17.5. The number of piperidine rings is 2. The number of carbonyl (C=O) groups is 1. The van der Waals surface area contributed by atoms with Crippen LogP contribution in [0.3, 0.4) is 0 Å². The molecule has 4 nitrogen and oxygen atoms in total. The monoisotopic (exact) mass is 333 g/mol. The SMILES string of the molecule is Cc1oc(C(C)(C)C)cc1C(=O)N1CCC([NH+]2CCCCC2)CC1. The number of quaternary nitrogens is 1. The maximum Gasteiger partial charge on any atom is 0.257 e. The zero-order chi connectivity index (χ0) is 17.3. The largest absolute Gasteiger partial charge is 0.465 e. The zero-order valence-corrected chi connectivity index (χ0v) is 15.8. The van der Waals surface area contributed by atoms with Gasteiger partial charge in [-0.3, -0.25) is 4.79 Å². The maximum absolute atomic E-state index is 12.9. The Hall–Kier alpha value is -1.29.